The van der Waals surface area contributed by atoms with Gasteiger partial charge in [0.15, 0.2) is 0 Å². The van der Waals surface area contributed by atoms with E-state index in [1.54, 1.807) is 0 Å². The van der Waals surface area contributed by atoms with Crippen LogP contribution in [0, 0.1) is 20.8 Å². The number of hydrogen-bond acceptors (Lipinski definition) is 0. The summed E-state index contributed by atoms with van der Waals surface area (Å²) in [6.07, 6.45) is 0. The van der Waals surface area contributed by atoms with E-state index in [0.29, 0.717) is 0 Å². The van der Waals surface area contributed by atoms with Crippen molar-refractivity contribution in [2.45, 2.75) is 20.8 Å². The number of fused-ring (bicyclic) bond motifs is 14. The maximum atomic E-state index is 2.50. The highest BCUT2D eigenvalue weighted by Crippen LogP contribution is 2.44. The standard InChI is InChI=1S/C69H49BN4/c1-44-42-45(2)67(46(3)43-44)70(47-30-34-51(35-31-47)73-59-26-14-10-22-53(59)55-38-40-63-65(68(55)73)57-24-12-16-28-61(57)71(63)49-18-6-4-7-19-49)48-32-36-52(37-33-48)74-60-27-15-11-23-54(60)56-39-41-64-66(69(56)74)58-25-13-17-29-62(58)72(64)50-20-8-5-9-21-50/h4-43H,1-3H3. The number of aromatic nitrogens is 4. The molecule has 0 radical (unpaired) electrons. The van der Waals surface area contributed by atoms with E-state index in [2.05, 4.69) is 282 Å². The summed E-state index contributed by atoms with van der Waals surface area (Å²) < 4.78 is 9.85. The van der Waals surface area contributed by atoms with E-state index in [1.165, 1.54) is 120 Å². The van der Waals surface area contributed by atoms with Crippen molar-refractivity contribution in [3.63, 3.8) is 0 Å². The summed E-state index contributed by atoms with van der Waals surface area (Å²) in [4.78, 5) is 0. The van der Waals surface area contributed by atoms with Gasteiger partial charge < -0.3 is 18.3 Å². The van der Waals surface area contributed by atoms with E-state index in [9.17, 15) is 0 Å². The van der Waals surface area contributed by atoms with Crippen LogP contribution in [0.25, 0.3) is 110 Å². The smallest absolute Gasteiger partial charge is 0.241 e. The van der Waals surface area contributed by atoms with Crippen LogP contribution in [0.5, 0.6) is 0 Å². The lowest BCUT2D eigenvalue weighted by Gasteiger charge is -2.22. The maximum Gasteiger partial charge on any atom is 0.241 e. The predicted octanol–water partition coefficient (Wildman–Crippen LogP) is 15.5. The first-order valence-corrected chi connectivity index (χ1v) is 25.8. The van der Waals surface area contributed by atoms with E-state index in [0.717, 1.165) is 22.7 Å². The summed E-state index contributed by atoms with van der Waals surface area (Å²) in [5.41, 5.74) is 22.0. The number of hydrogen-bond donors (Lipinski definition) is 0. The molecule has 74 heavy (non-hydrogen) atoms. The Hall–Kier alpha value is -9.32. The summed E-state index contributed by atoms with van der Waals surface area (Å²) in [5, 5.41) is 10.0. The van der Waals surface area contributed by atoms with E-state index in [4.69, 9.17) is 0 Å². The summed E-state index contributed by atoms with van der Waals surface area (Å²) in [7, 11) is 0. The van der Waals surface area contributed by atoms with E-state index in [-0.39, 0.29) is 6.71 Å². The zero-order chi connectivity index (χ0) is 49.2. The fraction of sp³-hybridized carbons (Fsp3) is 0.0435. The van der Waals surface area contributed by atoms with Crippen LogP contribution in [0.3, 0.4) is 0 Å². The molecule has 0 fully saturated rings. The molecule has 0 saturated carbocycles. The van der Waals surface area contributed by atoms with Gasteiger partial charge in [-0.05, 0) is 106 Å². The molecule has 0 unspecified atom stereocenters. The zero-order valence-corrected chi connectivity index (χ0v) is 41.5. The lowest BCUT2D eigenvalue weighted by molar-refractivity contribution is 1.17. The summed E-state index contributed by atoms with van der Waals surface area (Å²) in [5.74, 6) is 0. The molecule has 0 saturated heterocycles. The molecule has 0 bridgehead atoms. The van der Waals surface area contributed by atoms with Gasteiger partial charge in [0.05, 0.1) is 44.1 Å². The monoisotopic (exact) mass is 944 g/mol. The molecule has 0 atom stereocenters. The number of benzene rings is 11. The van der Waals surface area contributed by atoms with Crippen molar-refractivity contribution in [3.05, 3.63) is 259 Å². The Kier molecular flexibility index (Phi) is 9.37. The molecule has 4 nitrogen and oxygen atoms in total. The molecular formula is C69H49BN4. The molecule has 4 heterocycles. The Bertz CT molecular complexity index is 4430. The van der Waals surface area contributed by atoms with Crippen molar-refractivity contribution in [1.82, 2.24) is 18.3 Å². The summed E-state index contributed by atoms with van der Waals surface area (Å²) in [6.45, 7) is 6.79. The highest BCUT2D eigenvalue weighted by Gasteiger charge is 2.28. The molecule has 15 aromatic rings. The Morgan fingerprint density at radius 2 is 0.608 bits per heavy atom. The van der Waals surface area contributed by atoms with Crippen molar-refractivity contribution in [2.24, 2.45) is 0 Å². The molecule has 11 aromatic carbocycles. The highest BCUT2D eigenvalue weighted by atomic mass is 15.0. The van der Waals surface area contributed by atoms with E-state index in [1.807, 2.05) is 0 Å². The first kappa shape index (κ1) is 42.4. The zero-order valence-electron chi connectivity index (χ0n) is 41.5. The number of aryl methyl sites for hydroxylation is 3. The van der Waals surface area contributed by atoms with E-state index < -0.39 is 0 Å². The third-order valence-corrected chi connectivity index (χ3v) is 16.0. The van der Waals surface area contributed by atoms with Crippen molar-refractivity contribution in [3.8, 4) is 22.7 Å². The van der Waals surface area contributed by atoms with Gasteiger partial charge in [-0.2, -0.15) is 0 Å². The normalized spacial score (nSPS) is 12.0. The average molecular weight is 945 g/mol. The van der Waals surface area contributed by atoms with Gasteiger partial charge in [0.2, 0.25) is 6.71 Å². The van der Waals surface area contributed by atoms with Crippen molar-refractivity contribution < 1.29 is 0 Å². The molecule has 5 heteroatoms. The third-order valence-electron chi connectivity index (χ3n) is 16.0. The van der Waals surface area contributed by atoms with Gasteiger partial charge >= 0.3 is 0 Å². The molecular weight excluding hydrogens is 896 g/mol. The van der Waals surface area contributed by atoms with Crippen LogP contribution in [0.15, 0.2) is 243 Å². The van der Waals surface area contributed by atoms with E-state index >= 15 is 0 Å². The fourth-order valence-electron chi connectivity index (χ4n) is 13.1. The molecule has 0 aliphatic heterocycles. The Balaban J connectivity index is 0.915. The Morgan fingerprint density at radius 1 is 0.270 bits per heavy atom. The number of para-hydroxylation sites is 6. The first-order valence-electron chi connectivity index (χ1n) is 25.8. The van der Waals surface area contributed by atoms with Crippen molar-refractivity contribution in [1.29, 1.82) is 0 Å². The first-order chi connectivity index (χ1) is 36.5. The van der Waals surface area contributed by atoms with Gasteiger partial charge in [-0.25, -0.2) is 0 Å². The van der Waals surface area contributed by atoms with Crippen molar-refractivity contribution >= 4 is 110 Å². The number of rotatable bonds is 7. The minimum Gasteiger partial charge on any atom is -0.309 e. The van der Waals surface area contributed by atoms with Crippen LogP contribution in [0.2, 0.25) is 0 Å². The molecule has 348 valence electrons. The van der Waals surface area contributed by atoms with Crippen LogP contribution >= 0.6 is 0 Å². The molecule has 4 aromatic heterocycles. The Labute approximate surface area is 429 Å². The molecule has 0 aliphatic carbocycles. The highest BCUT2D eigenvalue weighted by molar-refractivity contribution is 6.96. The predicted molar refractivity (Wildman–Crippen MR) is 316 cm³/mol. The quantitative estimate of drug-likeness (QED) is 0.142. The van der Waals surface area contributed by atoms with Gasteiger partial charge in [0, 0.05) is 65.8 Å². The molecule has 0 aliphatic rings. The molecule has 0 N–H and O–H groups in total. The fourth-order valence-corrected chi connectivity index (χ4v) is 13.1. The average Bonchev–Trinajstić information content (AvgIpc) is 4.26. The van der Waals surface area contributed by atoms with Crippen LogP contribution in [-0.2, 0) is 0 Å². The molecule has 15 rings (SSSR count). The lowest BCUT2D eigenvalue weighted by Crippen LogP contribution is -2.54. The van der Waals surface area contributed by atoms with Gasteiger partial charge in [0.25, 0.3) is 0 Å². The SMILES string of the molecule is Cc1cc(C)c(B(c2ccc(-n3c4ccccc4c4ccc5c(c6ccccc6n5-c5ccccc5)c43)cc2)c2ccc(-n3c4ccccc4c4ccc5c(c6ccccc6n5-c5ccccc5)c43)cc2)c(C)c1. The van der Waals surface area contributed by atoms with Gasteiger partial charge in [-0.15, -0.1) is 0 Å². The number of nitrogens with zero attached hydrogens (tertiary/aromatic N) is 4. The van der Waals surface area contributed by atoms with Gasteiger partial charge in [-0.1, -0.05) is 191 Å². The molecule has 0 amide bonds. The lowest BCUT2D eigenvalue weighted by atomic mass is 9.35. The van der Waals surface area contributed by atoms with Crippen molar-refractivity contribution in [2.75, 3.05) is 0 Å². The minimum absolute atomic E-state index is 0.00103. The van der Waals surface area contributed by atoms with Crippen LogP contribution in [0.4, 0.5) is 0 Å². The second kappa shape index (κ2) is 16.4. The maximum absolute atomic E-state index is 2.50. The second-order valence-corrected chi connectivity index (χ2v) is 20.2. The third kappa shape index (κ3) is 6.17. The van der Waals surface area contributed by atoms with Crippen LogP contribution < -0.4 is 16.4 Å². The summed E-state index contributed by atoms with van der Waals surface area (Å²) in [6, 6.07) is 90.0. The van der Waals surface area contributed by atoms with Gasteiger partial charge in [-0.3, -0.25) is 0 Å². The summed E-state index contributed by atoms with van der Waals surface area (Å²) >= 11 is 0. The Morgan fingerprint density at radius 3 is 1.01 bits per heavy atom. The largest absolute Gasteiger partial charge is 0.309 e. The topological polar surface area (TPSA) is 19.7 Å². The minimum atomic E-state index is 0.00103. The van der Waals surface area contributed by atoms with Crippen LogP contribution in [0.1, 0.15) is 16.7 Å². The second-order valence-electron chi connectivity index (χ2n) is 20.2. The van der Waals surface area contributed by atoms with Gasteiger partial charge in [0.1, 0.15) is 0 Å². The molecule has 0 spiro atoms. The van der Waals surface area contributed by atoms with Crippen LogP contribution in [-0.4, -0.2) is 25.0 Å².